The van der Waals surface area contributed by atoms with Gasteiger partial charge in [-0.05, 0) is 54.3 Å². The molecule has 0 fully saturated rings. The van der Waals surface area contributed by atoms with E-state index < -0.39 is 11.9 Å². The zero-order valence-corrected chi connectivity index (χ0v) is 19.3. The van der Waals surface area contributed by atoms with Gasteiger partial charge in [-0.2, -0.15) is 0 Å². The van der Waals surface area contributed by atoms with Crippen LogP contribution in [0.3, 0.4) is 0 Å². The third-order valence-corrected chi connectivity index (χ3v) is 6.62. The number of aryl methyl sites for hydroxylation is 1. The number of hydrogen-bond acceptors (Lipinski definition) is 7. The number of carbonyl (C=O) groups excluding carboxylic acids is 2. The van der Waals surface area contributed by atoms with Gasteiger partial charge in [0.05, 0.1) is 35.3 Å². The number of carbonyl (C=O) groups is 2. The van der Waals surface area contributed by atoms with Crippen LogP contribution in [0.5, 0.6) is 0 Å². The number of fused-ring (bicyclic) bond motifs is 1. The molecule has 4 aromatic rings. The smallest absolute Gasteiger partial charge is 0.339 e. The summed E-state index contributed by atoms with van der Waals surface area (Å²) in [6.07, 6.45) is 0. The quantitative estimate of drug-likeness (QED) is 0.248. The maximum atomic E-state index is 13.8. The van der Waals surface area contributed by atoms with Crippen LogP contribution in [0.1, 0.15) is 15.9 Å². The Hall–Kier alpha value is -3.50. The van der Waals surface area contributed by atoms with Crippen molar-refractivity contribution in [2.24, 2.45) is 0 Å². The number of ether oxygens (including phenoxy) is 1. The van der Waals surface area contributed by atoms with Crippen LogP contribution in [0.4, 0.5) is 10.1 Å². The normalized spacial score (nSPS) is 10.9. The number of nitrogens with zero attached hydrogens (tertiary/aromatic N) is 2. The lowest BCUT2D eigenvalue weighted by atomic mass is 10.2. The second-order valence-corrected chi connectivity index (χ2v) is 8.84. The largest absolute Gasteiger partial charge is 0.465 e. The van der Waals surface area contributed by atoms with Gasteiger partial charge in [-0.25, -0.2) is 14.2 Å². The topological polar surface area (TPSA) is 90.3 Å². The Morgan fingerprint density at radius 2 is 2.00 bits per heavy atom. The zero-order valence-electron chi connectivity index (χ0n) is 17.6. The van der Waals surface area contributed by atoms with Gasteiger partial charge in [-0.1, -0.05) is 23.9 Å². The summed E-state index contributed by atoms with van der Waals surface area (Å²) < 4.78 is 20.4. The van der Waals surface area contributed by atoms with Gasteiger partial charge in [0.2, 0.25) is 5.91 Å². The van der Waals surface area contributed by atoms with E-state index in [1.165, 1.54) is 35.1 Å². The van der Waals surface area contributed by atoms with Crippen molar-refractivity contribution in [1.29, 1.82) is 0 Å². The van der Waals surface area contributed by atoms with Crippen molar-refractivity contribution in [2.75, 3.05) is 18.2 Å². The molecular formula is C23H18FN3O4S2. The number of benzene rings is 2. The van der Waals surface area contributed by atoms with Crippen molar-refractivity contribution in [1.82, 2.24) is 9.55 Å². The number of amides is 1. The van der Waals surface area contributed by atoms with Crippen LogP contribution in [0, 0.1) is 12.7 Å². The number of thioether (sulfide) groups is 1. The number of aromatic nitrogens is 2. The van der Waals surface area contributed by atoms with Crippen molar-refractivity contribution >= 4 is 50.9 Å². The van der Waals surface area contributed by atoms with Crippen LogP contribution in [0.15, 0.2) is 63.9 Å². The van der Waals surface area contributed by atoms with E-state index in [0.717, 1.165) is 11.8 Å². The molecule has 0 atom stereocenters. The first-order chi connectivity index (χ1) is 15.9. The molecule has 2 aromatic heterocycles. The number of para-hydroxylation sites is 1. The maximum Gasteiger partial charge on any atom is 0.339 e. The van der Waals surface area contributed by atoms with Crippen molar-refractivity contribution in [3.8, 4) is 5.69 Å². The number of rotatable bonds is 6. The summed E-state index contributed by atoms with van der Waals surface area (Å²) in [5.74, 6) is -1.41. The van der Waals surface area contributed by atoms with Gasteiger partial charge in [0.15, 0.2) is 5.16 Å². The van der Waals surface area contributed by atoms with Gasteiger partial charge in [-0.15, -0.1) is 11.3 Å². The third-order valence-electron chi connectivity index (χ3n) is 4.79. The number of methoxy groups -OCH3 is 1. The van der Waals surface area contributed by atoms with Crippen molar-refractivity contribution < 1.29 is 18.7 Å². The van der Waals surface area contributed by atoms with Crippen molar-refractivity contribution in [3.63, 3.8) is 0 Å². The Kier molecular flexibility index (Phi) is 6.57. The molecule has 4 rings (SSSR count). The van der Waals surface area contributed by atoms with Gasteiger partial charge in [0.1, 0.15) is 10.5 Å². The summed E-state index contributed by atoms with van der Waals surface area (Å²) in [6.45, 7) is 1.61. The first-order valence-electron chi connectivity index (χ1n) is 9.76. The molecule has 0 saturated heterocycles. The molecule has 0 bridgehead atoms. The highest BCUT2D eigenvalue weighted by Crippen LogP contribution is 2.25. The number of halogens is 1. The van der Waals surface area contributed by atoms with E-state index in [1.807, 2.05) is 0 Å². The van der Waals surface area contributed by atoms with E-state index in [2.05, 4.69) is 10.3 Å². The lowest BCUT2D eigenvalue weighted by molar-refractivity contribution is -0.113. The first-order valence-corrected chi connectivity index (χ1v) is 11.6. The highest BCUT2D eigenvalue weighted by Gasteiger charge is 2.18. The lowest BCUT2D eigenvalue weighted by Gasteiger charge is -2.13. The van der Waals surface area contributed by atoms with Crippen LogP contribution in [0.2, 0.25) is 0 Å². The molecule has 0 aliphatic heterocycles. The fourth-order valence-corrected chi connectivity index (χ4v) is 4.75. The van der Waals surface area contributed by atoms with Crippen LogP contribution in [-0.2, 0) is 9.53 Å². The average Bonchev–Trinajstić information content (AvgIpc) is 3.29. The minimum absolute atomic E-state index is 0.0717. The van der Waals surface area contributed by atoms with Gasteiger partial charge in [0, 0.05) is 0 Å². The second-order valence-electron chi connectivity index (χ2n) is 6.98. The monoisotopic (exact) mass is 483 g/mol. The molecule has 0 saturated carbocycles. The summed E-state index contributed by atoms with van der Waals surface area (Å²) in [4.78, 5) is 42.3. The van der Waals surface area contributed by atoms with Gasteiger partial charge < -0.3 is 10.1 Å². The number of thiophene rings is 1. The van der Waals surface area contributed by atoms with E-state index in [4.69, 9.17) is 4.74 Å². The molecule has 2 aromatic carbocycles. The summed E-state index contributed by atoms with van der Waals surface area (Å²) >= 11 is 2.34. The first kappa shape index (κ1) is 22.7. The van der Waals surface area contributed by atoms with E-state index in [9.17, 15) is 18.8 Å². The Balaban J connectivity index is 1.64. The number of hydrogen-bond donors (Lipinski definition) is 1. The summed E-state index contributed by atoms with van der Waals surface area (Å²) in [7, 11) is 1.26. The highest BCUT2D eigenvalue weighted by molar-refractivity contribution is 7.99. The zero-order chi connectivity index (χ0) is 23.5. The fourth-order valence-electron chi connectivity index (χ4n) is 3.18. The van der Waals surface area contributed by atoms with Crippen LogP contribution < -0.4 is 10.9 Å². The standard InChI is InChI=1S/C23H18FN3O4S2/c1-13-11-14(7-8-16(13)24)27-21(29)20-18(9-10-32-20)26-23(27)33-12-19(28)25-17-6-4-3-5-15(17)22(30)31-2/h3-11H,12H2,1-2H3,(H,25,28). The Bertz CT molecular complexity index is 1430. The minimum Gasteiger partial charge on any atom is -0.465 e. The molecule has 1 amide bonds. The molecule has 33 heavy (non-hydrogen) atoms. The molecule has 0 spiro atoms. The Morgan fingerprint density at radius 3 is 2.76 bits per heavy atom. The number of esters is 1. The van der Waals surface area contributed by atoms with Gasteiger partial charge in [0.25, 0.3) is 5.56 Å². The predicted octanol–water partition coefficient (Wildman–Crippen LogP) is 4.41. The van der Waals surface area contributed by atoms with Crippen LogP contribution in [-0.4, -0.2) is 34.3 Å². The summed E-state index contributed by atoms with van der Waals surface area (Å²) in [5, 5.41) is 4.76. The molecule has 0 aliphatic rings. The lowest BCUT2D eigenvalue weighted by Crippen LogP contribution is -2.22. The van der Waals surface area contributed by atoms with E-state index in [0.29, 0.717) is 32.3 Å². The van der Waals surface area contributed by atoms with Crippen LogP contribution in [0.25, 0.3) is 15.9 Å². The predicted molar refractivity (Wildman–Crippen MR) is 127 cm³/mol. The molecule has 0 unspecified atom stereocenters. The second kappa shape index (κ2) is 9.55. The van der Waals surface area contributed by atoms with Crippen molar-refractivity contribution in [2.45, 2.75) is 12.1 Å². The molecule has 1 N–H and O–H groups in total. The SMILES string of the molecule is COC(=O)c1ccccc1NC(=O)CSc1nc2ccsc2c(=O)n1-c1ccc(F)c(C)c1. The molecule has 10 heteroatoms. The molecule has 7 nitrogen and oxygen atoms in total. The number of nitrogens with one attached hydrogen (secondary N) is 1. The van der Waals surface area contributed by atoms with Crippen molar-refractivity contribution in [3.05, 3.63) is 81.2 Å². The average molecular weight is 484 g/mol. The molecule has 0 aliphatic carbocycles. The minimum atomic E-state index is -0.566. The van der Waals surface area contributed by atoms with E-state index >= 15 is 0 Å². The summed E-state index contributed by atoms with van der Waals surface area (Å²) in [6, 6.07) is 12.6. The Morgan fingerprint density at radius 1 is 1.21 bits per heavy atom. The maximum absolute atomic E-state index is 13.8. The number of anilines is 1. The Labute approximate surface area is 196 Å². The van der Waals surface area contributed by atoms with Gasteiger partial charge >= 0.3 is 5.97 Å². The third kappa shape index (κ3) is 4.67. The highest BCUT2D eigenvalue weighted by atomic mass is 32.2. The molecule has 168 valence electrons. The van der Waals surface area contributed by atoms with Crippen LogP contribution >= 0.6 is 23.1 Å². The molecular weight excluding hydrogens is 465 g/mol. The van der Waals surface area contributed by atoms with Gasteiger partial charge in [-0.3, -0.25) is 14.2 Å². The fraction of sp³-hybridized carbons (Fsp3) is 0.130. The summed E-state index contributed by atoms with van der Waals surface area (Å²) in [5.41, 5.74) is 1.64. The molecule has 2 heterocycles. The van der Waals surface area contributed by atoms with E-state index in [-0.39, 0.29) is 22.7 Å². The molecule has 0 radical (unpaired) electrons. The van der Waals surface area contributed by atoms with E-state index in [1.54, 1.807) is 48.7 Å².